The number of likely N-dealkylation sites (tertiary alicyclic amines) is 1. The fourth-order valence-electron chi connectivity index (χ4n) is 2.96. The third-order valence-electron chi connectivity index (χ3n) is 4.28. The van der Waals surface area contributed by atoms with Gasteiger partial charge in [0.05, 0.1) is 24.5 Å². The summed E-state index contributed by atoms with van der Waals surface area (Å²) < 4.78 is 4.87. The first kappa shape index (κ1) is 22.1. The molecule has 2 unspecified atom stereocenters. The first-order valence-corrected chi connectivity index (χ1v) is 8.30. The van der Waals surface area contributed by atoms with Crippen LogP contribution in [0.2, 0.25) is 0 Å². The number of methoxy groups -OCH3 is 1. The first-order chi connectivity index (χ1) is 12.0. The van der Waals surface area contributed by atoms with E-state index in [0.29, 0.717) is 32.1 Å². The average molecular weight is 476 g/mol. The van der Waals surface area contributed by atoms with Crippen molar-refractivity contribution in [3.63, 3.8) is 0 Å². The van der Waals surface area contributed by atoms with E-state index in [0.717, 1.165) is 5.56 Å². The number of benzene rings is 1. The fraction of sp³-hybridized carbons (Fsp3) is 0.529. The van der Waals surface area contributed by atoms with Gasteiger partial charge in [-0.05, 0) is 18.4 Å². The number of esters is 1. The third kappa shape index (κ3) is 5.55. The molecule has 0 spiro atoms. The number of nitro groups is 1. The third-order valence-corrected chi connectivity index (χ3v) is 4.28. The molecule has 0 saturated carbocycles. The summed E-state index contributed by atoms with van der Waals surface area (Å²) in [6.45, 7) is 6.28. The van der Waals surface area contributed by atoms with Gasteiger partial charge in [-0.15, -0.1) is 24.0 Å². The van der Waals surface area contributed by atoms with Crippen molar-refractivity contribution in [2.75, 3.05) is 26.7 Å². The number of ether oxygens (including phenoxy) is 1. The highest BCUT2D eigenvalue weighted by Gasteiger charge is 2.36. The van der Waals surface area contributed by atoms with E-state index in [4.69, 9.17) is 4.74 Å². The number of nitrogens with zero attached hydrogens (tertiary/aromatic N) is 3. The summed E-state index contributed by atoms with van der Waals surface area (Å²) in [5.74, 6) is 0.498. The zero-order valence-electron chi connectivity index (χ0n) is 15.2. The molecule has 8 nitrogen and oxygen atoms in total. The standard InChI is InChI=1S/C17H24N4O4.HI/c1-4-18-17(20-10-12(2)15(11-20)16(22)25-3)19-9-13-6-5-7-14(8-13)21(23)24;/h5-8,12,15H,4,9-11H2,1-3H3,(H,18,19);1H. The van der Waals surface area contributed by atoms with Gasteiger partial charge >= 0.3 is 5.97 Å². The number of hydrogen-bond acceptors (Lipinski definition) is 5. The summed E-state index contributed by atoms with van der Waals surface area (Å²) in [4.78, 5) is 28.9. The zero-order valence-corrected chi connectivity index (χ0v) is 17.5. The SMILES string of the molecule is CCNC(=NCc1cccc([N+](=O)[O-])c1)N1CC(C)C(C(=O)OC)C1.I. The molecule has 1 fully saturated rings. The molecular formula is C17H25IN4O4. The number of nitro benzene ring substituents is 1. The normalized spacial score (nSPS) is 19.7. The number of non-ortho nitro benzene ring substituents is 1. The van der Waals surface area contributed by atoms with Crippen molar-refractivity contribution in [3.8, 4) is 0 Å². The van der Waals surface area contributed by atoms with Gasteiger partial charge in [-0.1, -0.05) is 19.1 Å². The van der Waals surface area contributed by atoms with Gasteiger partial charge in [0.25, 0.3) is 5.69 Å². The maximum Gasteiger partial charge on any atom is 0.310 e. The molecule has 0 radical (unpaired) electrons. The number of rotatable bonds is 5. The van der Waals surface area contributed by atoms with Gasteiger partial charge in [0.15, 0.2) is 5.96 Å². The molecule has 0 aromatic heterocycles. The highest BCUT2D eigenvalue weighted by Crippen LogP contribution is 2.24. The van der Waals surface area contributed by atoms with Crippen LogP contribution in [-0.2, 0) is 16.1 Å². The van der Waals surface area contributed by atoms with Crippen molar-refractivity contribution in [2.45, 2.75) is 20.4 Å². The van der Waals surface area contributed by atoms with E-state index in [2.05, 4.69) is 10.3 Å². The minimum atomic E-state index is -0.415. The van der Waals surface area contributed by atoms with Gasteiger partial charge in [0.2, 0.25) is 0 Å². The van der Waals surface area contributed by atoms with Gasteiger partial charge in [-0.25, -0.2) is 4.99 Å². The van der Waals surface area contributed by atoms with Gasteiger partial charge in [0, 0.05) is 31.8 Å². The van der Waals surface area contributed by atoms with E-state index >= 15 is 0 Å². The average Bonchev–Trinajstić information content (AvgIpc) is 2.99. The van der Waals surface area contributed by atoms with Crippen LogP contribution in [0.3, 0.4) is 0 Å². The zero-order chi connectivity index (χ0) is 18.4. The maximum atomic E-state index is 11.9. The van der Waals surface area contributed by atoms with E-state index in [1.54, 1.807) is 6.07 Å². The molecule has 1 saturated heterocycles. The Hall–Kier alpha value is -1.91. The summed E-state index contributed by atoms with van der Waals surface area (Å²) in [6, 6.07) is 6.45. The van der Waals surface area contributed by atoms with Crippen molar-refractivity contribution in [1.82, 2.24) is 10.2 Å². The lowest BCUT2D eigenvalue weighted by molar-refractivity contribution is -0.384. The van der Waals surface area contributed by atoms with Crippen molar-refractivity contribution in [2.24, 2.45) is 16.8 Å². The van der Waals surface area contributed by atoms with Crippen molar-refractivity contribution in [1.29, 1.82) is 0 Å². The van der Waals surface area contributed by atoms with E-state index in [-0.39, 0.29) is 47.5 Å². The van der Waals surface area contributed by atoms with E-state index in [9.17, 15) is 14.9 Å². The highest BCUT2D eigenvalue weighted by atomic mass is 127. The van der Waals surface area contributed by atoms with Crippen LogP contribution in [0.4, 0.5) is 5.69 Å². The Balaban J connectivity index is 0.00000338. The van der Waals surface area contributed by atoms with Crippen molar-refractivity contribution in [3.05, 3.63) is 39.9 Å². The lowest BCUT2D eigenvalue weighted by Crippen LogP contribution is -2.40. The van der Waals surface area contributed by atoms with Crippen LogP contribution in [0.25, 0.3) is 0 Å². The molecule has 2 rings (SSSR count). The molecule has 0 amide bonds. The van der Waals surface area contributed by atoms with Crippen molar-refractivity contribution >= 4 is 41.6 Å². The lowest BCUT2D eigenvalue weighted by Gasteiger charge is -2.21. The number of aliphatic imine (C=N–C) groups is 1. The molecule has 1 aromatic rings. The van der Waals surface area contributed by atoms with Crippen LogP contribution in [0, 0.1) is 22.0 Å². The predicted octanol–water partition coefficient (Wildman–Crippen LogP) is 2.42. The number of nitrogens with one attached hydrogen (secondary N) is 1. The monoisotopic (exact) mass is 476 g/mol. The Kier molecular flexibility index (Phi) is 8.76. The van der Waals surface area contributed by atoms with Gasteiger partial charge < -0.3 is 15.0 Å². The van der Waals surface area contributed by atoms with Crippen LogP contribution in [0.1, 0.15) is 19.4 Å². The molecule has 144 valence electrons. The number of guanidine groups is 1. The van der Waals surface area contributed by atoms with Gasteiger partial charge in [-0.2, -0.15) is 0 Å². The maximum absolute atomic E-state index is 11.9. The predicted molar refractivity (Wildman–Crippen MR) is 110 cm³/mol. The Labute approximate surface area is 170 Å². The molecule has 9 heteroatoms. The number of carbonyl (C=O) groups is 1. The Morgan fingerprint density at radius 2 is 2.19 bits per heavy atom. The molecule has 1 N–H and O–H groups in total. The second-order valence-corrected chi connectivity index (χ2v) is 6.11. The molecule has 0 aliphatic carbocycles. The highest BCUT2D eigenvalue weighted by molar-refractivity contribution is 14.0. The molecule has 1 aliphatic heterocycles. The number of halogens is 1. The molecule has 26 heavy (non-hydrogen) atoms. The Morgan fingerprint density at radius 3 is 2.81 bits per heavy atom. The number of hydrogen-bond donors (Lipinski definition) is 1. The molecule has 1 heterocycles. The van der Waals surface area contributed by atoms with Gasteiger partial charge in [0.1, 0.15) is 0 Å². The molecule has 1 aliphatic rings. The van der Waals surface area contributed by atoms with Crippen LogP contribution in [0.5, 0.6) is 0 Å². The van der Waals surface area contributed by atoms with E-state index < -0.39 is 4.92 Å². The fourth-order valence-corrected chi connectivity index (χ4v) is 2.96. The Bertz CT molecular complexity index is 668. The topological polar surface area (TPSA) is 97.1 Å². The van der Waals surface area contributed by atoms with Crippen molar-refractivity contribution < 1.29 is 14.5 Å². The summed E-state index contributed by atoms with van der Waals surface area (Å²) in [7, 11) is 1.40. The number of carbonyl (C=O) groups excluding carboxylic acids is 1. The second kappa shape index (κ2) is 10.3. The minimum absolute atomic E-state index is 0. The van der Waals surface area contributed by atoms with Crippen LogP contribution >= 0.6 is 24.0 Å². The summed E-state index contributed by atoms with van der Waals surface area (Å²) in [6.07, 6.45) is 0. The molecule has 2 atom stereocenters. The van der Waals surface area contributed by atoms with E-state index in [1.807, 2.05) is 24.8 Å². The van der Waals surface area contributed by atoms with Gasteiger partial charge in [-0.3, -0.25) is 14.9 Å². The summed E-state index contributed by atoms with van der Waals surface area (Å²) in [5.41, 5.74) is 0.819. The summed E-state index contributed by atoms with van der Waals surface area (Å²) >= 11 is 0. The minimum Gasteiger partial charge on any atom is -0.469 e. The van der Waals surface area contributed by atoms with Crippen LogP contribution in [0.15, 0.2) is 29.3 Å². The smallest absolute Gasteiger partial charge is 0.310 e. The lowest BCUT2D eigenvalue weighted by atomic mass is 9.99. The molecule has 0 bridgehead atoms. The quantitative estimate of drug-likeness (QED) is 0.175. The second-order valence-electron chi connectivity index (χ2n) is 6.11. The Morgan fingerprint density at radius 1 is 1.46 bits per heavy atom. The molecular weight excluding hydrogens is 451 g/mol. The summed E-state index contributed by atoms with van der Waals surface area (Å²) in [5, 5.41) is 14.1. The largest absolute Gasteiger partial charge is 0.469 e. The first-order valence-electron chi connectivity index (χ1n) is 8.30. The van der Waals surface area contributed by atoms with E-state index in [1.165, 1.54) is 19.2 Å². The van der Waals surface area contributed by atoms with Crippen LogP contribution in [-0.4, -0.2) is 48.5 Å². The van der Waals surface area contributed by atoms with Crippen LogP contribution < -0.4 is 5.32 Å². The molecule has 1 aromatic carbocycles.